The van der Waals surface area contributed by atoms with E-state index >= 15 is 0 Å². The molecule has 0 aliphatic carbocycles. The van der Waals surface area contributed by atoms with Gasteiger partial charge in [-0.05, 0) is 18.2 Å². The molecule has 4 aromatic rings. The fraction of sp³-hybridized carbons (Fsp3) is 0.0526. The van der Waals surface area contributed by atoms with E-state index in [0.29, 0.717) is 28.5 Å². The Labute approximate surface area is 143 Å². The van der Waals surface area contributed by atoms with Gasteiger partial charge in [0.05, 0.1) is 12.9 Å². The van der Waals surface area contributed by atoms with E-state index < -0.39 is 0 Å². The summed E-state index contributed by atoms with van der Waals surface area (Å²) in [6.07, 6.45) is 5.26. The van der Waals surface area contributed by atoms with Crippen molar-refractivity contribution in [3.8, 4) is 0 Å². The van der Waals surface area contributed by atoms with Crippen LogP contribution in [0.5, 0.6) is 0 Å². The van der Waals surface area contributed by atoms with E-state index in [4.69, 9.17) is 16.0 Å². The molecule has 0 spiro atoms. The zero-order valence-corrected chi connectivity index (χ0v) is 13.4. The molecule has 2 aromatic heterocycles. The maximum Gasteiger partial charge on any atom is 0.228 e. The first-order chi connectivity index (χ1) is 11.7. The van der Waals surface area contributed by atoms with Crippen LogP contribution in [-0.2, 0) is 6.54 Å². The second kappa shape index (κ2) is 5.98. The Balaban J connectivity index is 1.89. The first-order valence-corrected chi connectivity index (χ1v) is 7.86. The van der Waals surface area contributed by atoms with Crippen LogP contribution in [0.3, 0.4) is 0 Å². The Bertz CT molecular complexity index is 1000. The number of hydrogen-bond acceptors (Lipinski definition) is 3. The van der Waals surface area contributed by atoms with E-state index in [9.17, 15) is 4.79 Å². The third kappa shape index (κ3) is 2.61. The minimum absolute atomic E-state index is 0.141. The largest absolute Gasteiger partial charge is 0.452 e. The summed E-state index contributed by atoms with van der Waals surface area (Å²) in [6, 6.07) is 14.5. The van der Waals surface area contributed by atoms with Gasteiger partial charge in [-0.25, -0.2) is 4.98 Å². The number of aromatic nitrogens is 2. The Kier molecular flexibility index (Phi) is 3.67. The highest BCUT2D eigenvalue weighted by atomic mass is 35.5. The number of rotatable bonds is 4. The minimum Gasteiger partial charge on any atom is -0.452 e. The number of carbonyl (C=O) groups excluding carboxylic acids is 1. The molecule has 0 amide bonds. The van der Waals surface area contributed by atoms with Crippen LogP contribution in [-0.4, -0.2) is 15.3 Å². The molecule has 0 fully saturated rings. The van der Waals surface area contributed by atoms with Crippen LogP contribution in [0.2, 0.25) is 5.02 Å². The number of nitrogens with zero attached hydrogens (tertiary/aromatic N) is 2. The lowest BCUT2D eigenvalue weighted by molar-refractivity contribution is 0.101. The number of ketones is 1. The maximum atomic E-state index is 12.9. The first kappa shape index (κ1) is 14.7. The summed E-state index contributed by atoms with van der Waals surface area (Å²) < 4.78 is 7.77. The van der Waals surface area contributed by atoms with Crippen LogP contribution in [0.25, 0.3) is 11.0 Å². The van der Waals surface area contributed by atoms with Gasteiger partial charge in [0.1, 0.15) is 5.58 Å². The van der Waals surface area contributed by atoms with Crippen LogP contribution in [0.1, 0.15) is 21.7 Å². The van der Waals surface area contributed by atoms with Crippen molar-refractivity contribution in [2.24, 2.45) is 0 Å². The van der Waals surface area contributed by atoms with Crippen molar-refractivity contribution in [2.45, 2.75) is 6.54 Å². The monoisotopic (exact) mass is 336 g/mol. The van der Waals surface area contributed by atoms with Gasteiger partial charge in [-0.15, -0.1) is 0 Å². The first-order valence-electron chi connectivity index (χ1n) is 7.49. The quantitative estimate of drug-likeness (QED) is 0.513. The average Bonchev–Trinajstić information content (AvgIpc) is 3.24. The normalized spacial score (nSPS) is 11.0. The molecule has 0 aliphatic rings. The summed E-state index contributed by atoms with van der Waals surface area (Å²) in [7, 11) is 0. The van der Waals surface area contributed by atoms with Gasteiger partial charge in [0, 0.05) is 33.9 Å². The highest BCUT2D eigenvalue weighted by Crippen LogP contribution is 2.30. The molecule has 0 saturated heterocycles. The highest BCUT2D eigenvalue weighted by Gasteiger charge is 2.22. The van der Waals surface area contributed by atoms with E-state index in [1.165, 1.54) is 0 Å². The van der Waals surface area contributed by atoms with Crippen molar-refractivity contribution in [3.05, 3.63) is 89.2 Å². The topological polar surface area (TPSA) is 48.0 Å². The molecule has 4 nitrogen and oxygen atoms in total. The van der Waals surface area contributed by atoms with Gasteiger partial charge in [0.15, 0.2) is 5.76 Å². The van der Waals surface area contributed by atoms with E-state index in [-0.39, 0.29) is 5.78 Å². The fourth-order valence-corrected chi connectivity index (χ4v) is 2.92. The summed E-state index contributed by atoms with van der Waals surface area (Å²) in [6.45, 7) is 0.487. The molecule has 0 radical (unpaired) electrons. The van der Waals surface area contributed by atoms with Gasteiger partial charge in [0.2, 0.25) is 5.78 Å². The predicted molar refractivity (Wildman–Crippen MR) is 92.4 cm³/mol. The van der Waals surface area contributed by atoms with Crippen molar-refractivity contribution in [3.63, 3.8) is 0 Å². The van der Waals surface area contributed by atoms with Gasteiger partial charge in [-0.1, -0.05) is 41.9 Å². The minimum atomic E-state index is -0.141. The number of imidazole rings is 1. The number of fused-ring (bicyclic) bond motifs is 1. The molecule has 0 aliphatic heterocycles. The molecule has 0 saturated carbocycles. The molecule has 2 heterocycles. The number of benzene rings is 2. The molecule has 0 unspecified atom stereocenters. The van der Waals surface area contributed by atoms with Gasteiger partial charge < -0.3 is 8.98 Å². The van der Waals surface area contributed by atoms with Crippen LogP contribution in [0, 0.1) is 0 Å². The molecule has 0 atom stereocenters. The molecule has 118 valence electrons. The van der Waals surface area contributed by atoms with Crippen molar-refractivity contribution in [1.29, 1.82) is 0 Å². The van der Waals surface area contributed by atoms with E-state index in [1.54, 1.807) is 36.8 Å². The lowest BCUT2D eigenvalue weighted by Gasteiger charge is -2.04. The third-order valence-corrected chi connectivity index (χ3v) is 4.13. The maximum absolute atomic E-state index is 12.9. The summed E-state index contributed by atoms with van der Waals surface area (Å²) in [5.41, 5.74) is 2.04. The van der Waals surface area contributed by atoms with Crippen LogP contribution in [0.4, 0.5) is 0 Å². The van der Waals surface area contributed by atoms with Crippen LogP contribution >= 0.6 is 11.6 Å². The molecular formula is C19H13ClN2O2. The summed E-state index contributed by atoms with van der Waals surface area (Å²) >= 11 is 6.13. The van der Waals surface area contributed by atoms with Gasteiger partial charge in [-0.3, -0.25) is 4.79 Å². The predicted octanol–water partition coefficient (Wildman–Crippen LogP) is 4.56. The molecule has 5 heteroatoms. The van der Waals surface area contributed by atoms with Crippen molar-refractivity contribution in [2.75, 3.05) is 0 Å². The van der Waals surface area contributed by atoms with Crippen LogP contribution in [0.15, 0.2) is 71.7 Å². The average molecular weight is 337 g/mol. The molecule has 0 N–H and O–H groups in total. The van der Waals surface area contributed by atoms with E-state index in [0.717, 1.165) is 10.9 Å². The lowest BCUT2D eigenvalue weighted by atomic mass is 10.0. The molecular weight excluding hydrogens is 324 g/mol. The standard InChI is InChI=1S/C19H13ClN2O2/c20-14-6-7-17-15(10-14)16(11-22-9-8-21-12-22)19(24-17)18(23)13-4-2-1-3-5-13/h1-10,12H,11H2. The fourth-order valence-electron chi connectivity index (χ4n) is 2.74. The third-order valence-electron chi connectivity index (χ3n) is 3.89. The van der Waals surface area contributed by atoms with E-state index in [2.05, 4.69) is 4.98 Å². The molecule has 0 bridgehead atoms. The smallest absolute Gasteiger partial charge is 0.228 e. The van der Waals surface area contributed by atoms with Crippen molar-refractivity contribution >= 4 is 28.4 Å². The number of hydrogen-bond donors (Lipinski definition) is 0. The Morgan fingerprint density at radius 3 is 2.75 bits per heavy atom. The Morgan fingerprint density at radius 2 is 2.00 bits per heavy atom. The Morgan fingerprint density at radius 1 is 1.17 bits per heavy atom. The zero-order valence-electron chi connectivity index (χ0n) is 12.6. The molecule has 4 rings (SSSR count). The number of furan rings is 1. The molecule has 24 heavy (non-hydrogen) atoms. The summed E-state index contributed by atoms with van der Waals surface area (Å²) in [4.78, 5) is 17.0. The van der Waals surface area contributed by atoms with Gasteiger partial charge >= 0.3 is 0 Å². The molecule has 2 aromatic carbocycles. The lowest BCUT2D eigenvalue weighted by Crippen LogP contribution is -2.06. The number of carbonyl (C=O) groups is 1. The second-order valence-corrected chi connectivity index (χ2v) is 5.92. The Hall–Kier alpha value is -2.85. The van der Waals surface area contributed by atoms with Crippen LogP contribution < -0.4 is 0 Å². The SMILES string of the molecule is O=C(c1ccccc1)c1oc2ccc(Cl)cc2c1Cn1ccnc1. The van der Waals surface area contributed by atoms with Crippen molar-refractivity contribution < 1.29 is 9.21 Å². The van der Waals surface area contributed by atoms with E-state index in [1.807, 2.05) is 35.0 Å². The second-order valence-electron chi connectivity index (χ2n) is 5.48. The van der Waals surface area contributed by atoms with Crippen molar-refractivity contribution in [1.82, 2.24) is 9.55 Å². The van der Waals surface area contributed by atoms with Gasteiger partial charge in [0.25, 0.3) is 0 Å². The summed E-state index contributed by atoms with van der Waals surface area (Å²) in [5, 5.41) is 1.45. The number of halogens is 1. The van der Waals surface area contributed by atoms with Gasteiger partial charge in [-0.2, -0.15) is 0 Å². The summed E-state index contributed by atoms with van der Waals surface area (Å²) in [5.74, 6) is 0.199. The zero-order chi connectivity index (χ0) is 16.5. The highest BCUT2D eigenvalue weighted by molar-refractivity contribution is 6.31.